The largest absolute Gasteiger partial charge is 0.481 e. The summed E-state index contributed by atoms with van der Waals surface area (Å²) in [6.07, 6.45) is 2.67. The Bertz CT molecular complexity index is 359. The van der Waals surface area contributed by atoms with Crippen LogP contribution in [0.25, 0.3) is 0 Å². The first-order valence-electron chi connectivity index (χ1n) is 7.52. The van der Waals surface area contributed by atoms with Gasteiger partial charge in [-0.2, -0.15) is 0 Å². The predicted molar refractivity (Wildman–Crippen MR) is 80.2 cm³/mol. The quantitative estimate of drug-likeness (QED) is 0.787. The zero-order chi connectivity index (χ0) is 16.0. The van der Waals surface area contributed by atoms with Crippen LogP contribution < -0.4 is 5.32 Å². The van der Waals surface area contributed by atoms with Crippen LogP contribution in [0, 0.1) is 5.41 Å². The number of rotatable bonds is 6. The van der Waals surface area contributed by atoms with E-state index in [1.807, 2.05) is 20.8 Å². The van der Waals surface area contributed by atoms with Gasteiger partial charge in [0, 0.05) is 26.2 Å². The summed E-state index contributed by atoms with van der Waals surface area (Å²) in [4.78, 5) is 24.7. The van der Waals surface area contributed by atoms with Crippen LogP contribution >= 0.6 is 0 Å². The van der Waals surface area contributed by atoms with E-state index in [1.165, 1.54) is 0 Å². The molecule has 0 bridgehead atoms. The van der Waals surface area contributed by atoms with E-state index < -0.39 is 5.97 Å². The van der Waals surface area contributed by atoms with Gasteiger partial charge in [0.05, 0.1) is 12.5 Å². The van der Waals surface area contributed by atoms with Gasteiger partial charge in [0.25, 0.3) is 0 Å². The number of carbonyl (C=O) groups excluding carboxylic acids is 1. The molecule has 0 aliphatic carbocycles. The molecule has 2 amide bonds. The van der Waals surface area contributed by atoms with Crippen molar-refractivity contribution < 1.29 is 19.4 Å². The van der Waals surface area contributed by atoms with Crippen molar-refractivity contribution in [3.05, 3.63) is 0 Å². The third kappa shape index (κ3) is 7.32. The molecule has 1 heterocycles. The van der Waals surface area contributed by atoms with E-state index in [0.29, 0.717) is 13.0 Å². The average Bonchev–Trinajstić information content (AvgIpc) is 2.78. The highest BCUT2D eigenvalue weighted by Crippen LogP contribution is 2.22. The van der Waals surface area contributed by atoms with Crippen molar-refractivity contribution >= 4 is 12.0 Å². The van der Waals surface area contributed by atoms with Gasteiger partial charge < -0.3 is 20.1 Å². The highest BCUT2D eigenvalue weighted by Gasteiger charge is 2.25. The maximum absolute atomic E-state index is 12.2. The minimum Gasteiger partial charge on any atom is -0.481 e. The number of hydrogen-bond donors (Lipinski definition) is 2. The number of likely N-dealkylation sites (N-methyl/N-ethyl adjacent to an activating group) is 1. The molecule has 2 N–H and O–H groups in total. The molecular formula is C15H28N2O4. The van der Waals surface area contributed by atoms with E-state index in [-0.39, 0.29) is 30.0 Å². The summed E-state index contributed by atoms with van der Waals surface area (Å²) in [5.74, 6) is -0.897. The minimum atomic E-state index is -0.897. The Balaban J connectivity index is 2.50. The standard InChI is InChI=1S/C15H28N2O4/c1-15(2,3)9-11(8-13(18)19)16-14(20)17(4)10-12-6-5-7-21-12/h11-12H,5-10H2,1-4H3,(H,16,20)(H,18,19). The Kier molecular flexibility index (Phi) is 6.45. The van der Waals surface area contributed by atoms with Crippen LogP contribution in [0.3, 0.4) is 0 Å². The van der Waals surface area contributed by atoms with Gasteiger partial charge in [-0.25, -0.2) is 4.79 Å². The van der Waals surface area contributed by atoms with Gasteiger partial charge >= 0.3 is 12.0 Å². The van der Waals surface area contributed by atoms with Gasteiger partial charge in [-0.1, -0.05) is 20.8 Å². The third-order valence-corrected chi connectivity index (χ3v) is 3.46. The number of nitrogens with zero attached hydrogens (tertiary/aromatic N) is 1. The number of ether oxygens (including phenoxy) is 1. The minimum absolute atomic E-state index is 0.0411. The molecule has 1 aliphatic heterocycles. The molecule has 1 saturated heterocycles. The lowest BCUT2D eigenvalue weighted by Gasteiger charge is -2.28. The number of urea groups is 1. The van der Waals surface area contributed by atoms with Crippen LogP contribution in [0.1, 0.15) is 46.5 Å². The zero-order valence-electron chi connectivity index (χ0n) is 13.5. The van der Waals surface area contributed by atoms with Crippen LogP contribution in [0.4, 0.5) is 4.79 Å². The third-order valence-electron chi connectivity index (χ3n) is 3.46. The molecule has 0 aromatic heterocycles. The number of carboxylic acid groups (broad SMARTS) is 1. The van der Waals surface area contributed by atoms with Crippen molar-refractivity contribution in [3.8, 4) is 0 Å². The van der Waals surface area contributed by atoms with Crippen LogP contribution in [-0.4, -0.2) is 54.4 Å². The molecule has 0 saturated carbocycles. The number of carbonyl (C=O) groups is 2. The molecule has 0 spiro atoms. The van der Waals surface area contributed by atoms with Crippen molar-refractivity contribution in [3.63, 3.8) is 0 Å². The lowest BCUT2D eigenvalue weighted by Crippen LogP contribution is -2.47. The SMILES string of the molecule is CN(CC1CCCO1)C(=O)NC(CC(=O)O)CC(C)(C)C. The summed E-state index contributed by atoms with van der Waals surface area (Å²) < 4.78 is 5.51. The summed E-state index contributed by atoms with van der Waals surface area (Å²) in [7, 11) is 1.71. The first kappa shape index (κ1) is 17.8. The van der Waals surface area contributed by atoms with Gasteiger partial charge in [-0.3, -0.25) is 4.79 Å². The predicted octanol–water partition coefficient (Wildman–Crippen LogP) is 2.09. The van der Waals surface area contributed by atoms with Crippen LogP contribution in [0.5, 0.6) is 0 Å². The highest BCUT2D eigenvalue weighted by molar-refractivity contribution is 5.75. The lowest BCUT2D eigenvalue weighted by molar-refractivity contribution is -0.137. The fraction of sp³-hybridized carbons (Fsp3) is 0.867. The van der Waals surface area contributed by atoms with E-state index in [1.54, 1.807) is 11.9 Å². The smallest absolute Gasteiger partial charge is 0.317 e. The number of nitrogens with one attached hydrogen (secondary N) is 1. The summed E-state index contributed by atoms with van der Waals surface area (Å²) in [6.45, 7) is 7.39. The van der Waals surface area contributed by atoms with Gasteiger partial charge in [-0.05, 0) is 24.7 Å². The fourth-order valence-electron chi connectivity index (χ4n) is 2.59. The van der Waals surface area contributed by atoms with Crippen molar-refractivity contribution in [2.75, 3.05) is 20.2 Å². The molecule has 6 nitrogen and oxygen atoms in total. The first-order valence-corrected chi connectivity index (χ1v) is 7.52. The molecule has 6 heteroatoms. The molecule has 1 aliphatic rings. The van der Waals surface area contributed by atoms with E-state index in [4.69, 9.17) is 9.84 Å². The molecule has 0 aromatic carbocycles. The Hall–Kier alpha value is -1.30. The van der Waals surface area contributed by atoms with Crippen molar-refractivity contribution in [1.29, 1.82) is 0 Å². The molecule has 21 heavy (non-hydrogen) atoms. The van der Waals surface area contributed by atoms with Gasteiger partial charge in [0.15, 0.2) is 0 Å². The van der Waals surface area contributed by atoms with Crippen LogP contribution in [-0.2, 0) is 9.53 Å². The van der Waals surface area contributed by atoms with E-state index in [9.17, 15) is 9.59 Å². The molecule has 2 unspecified atom stereocenters. The monoisotopic (exact) mass is 300 g/mol. The molecule has 122 valence electrons. The maximum Gasteiger partial charge on any atom is 0.317 e. The summed E-state index contributed by atoms with van der Waals surface area (Å²) in [5, 5.41) is 11.8. The topological polar surface area (TPSA) is 78.9 Å². The molecule has 0 aromatic rings. The molecule has 1 fully saturated rings. The summed E-state index contributed by atoms with van der Waals surface area (Å²) >= 11 is 0. The normalized spacial score (nSPS) is 20.1. The van der Waals surface area contributed by atoms with E-state index in [2.05, 4.69) is 5.32 Å². The number of hydrogen-bond acceptors (Lipinski definition) is 3. The second-order valence-corrected chi connectivity index (χ2v) is 7.02. The second kappa shape index (κ2) is 7.64. The summed E-state index contributed by atoms with van der Waals surface area (Å²) in [5.41, 5.74) is -0.0411. The Morgan fingerprint density at radius 1 is 1.43 bits per heavy atom. The van der Waals surface area contributed by atoms with Crippen molar-refractivity contribution in [2.24, 2.45) is 5.41 Å². The lowest BCUT2D eigenvalue weighted by atomic mass is 9.87. The maximum atomic E-state index is 12.2. The van der Waals surface area contributed by atoms with Crippen molar-refractivity contribution in [2.45, 2.75) is 58.6 Å². The molecule has 0 radical (unpaired) electrons. The Morgan fingerprint density at radius 2 is 2.10 bits per heavy atom. The zero-order valence-corrected chi connectivity index (χ0v) is 13.5. The average molecular weight is 300 g/mol. The summed E-state index contributed by atoms with van der Waals surface area (Å²) in [6, 6.07) is -0.594. The van der Waals surface area contributed by atoms with Crippen LogP contribution in [0.15, 0.2) is 0 Å². The number of carboxylic acids is 1. The fourth-order valence-corrected chi connectivity index (χ4v) is 2.59. The van der Waals surface area contributed by atoms with Gasteiger partial charge in [0.1, 0.15) is 0 Å². The van der Waals surface area contributed by atoms with E-state index in [0.717, 1.165) is 19.4 Å². The molecule has 2 atom stereocenters. The van der Waals surface area contributed by atoms with Gasteiger partial charge in [-0.15, -0.1) is 0 Å². The highest BCUT2D eigenvalue weighted by atomic mass is 16.5. The Morgan fingerprint density at radius 3 is 2.57 bits per heavy atom. The number of aliphatic carboxylic acids is 1. The molecular weight excluding hydrogens is 272 g/mol. The van der Waals surface area contributed by atoms with Crippen LogP contribution in [0.2, 0.25) is 0 Å². The first-order chi connectivity index (χ1) is 9.67. The second-order valence-electron chi connectivity index (χ2n) is 7.02. The van der Waals surface area contributed by atoms with E-state index >= 15 is 0 Å². The number of amides is 2. The Labute approximate surface area is 126 Å². The van der Waals surface area contributed by atoms with Crippen molar-refractivity contribution in [1.82, 2.24) is 10.2 Å². The molecule has 1 rings (SSSR count). The van der Waals surface area contributed by atoms with Gasteiger partial charge in [0.2, 0.25) is 0 Å².